The zero-order valence-corrected chi connectivity index (χ0v) is 10.6. The maximum Gasteiger partial charge on any atom is 0.229 e. The van der Waals surface area contributed by atoms with Crippen molar-refractivity contribution in [3.63, 3.8) is 0 Å². The summed E-state index contributed by atoms with van der Waals surface area (Å²) in [5, 5.41) is 38.5. The third kappa shape index (κ3) is 3.17. The Bertz CT molecular complexity index is 426. The van der Waals surface area contributed by atoms with Crippen molar-refractivity contribution in [3.8, 4) is 5.75 Å². The van der Waals surface area contributed by atoms with Gasteiger partial charge in [0.25, 0.3) is 0 Å². The average Bonchev–Trinajstić information content (AvgIpc) is 2.39. The molecule has 106 valence electrons. The molecule has 5 atom stereocenters. The molecule has 0 radical (unpaired) electrons. The molecule has 4 N–H and O–H groups in total. The zero-order valence-electron chi connectivity index (χ0n) is 9.89. The molecule has 7 heteroatoms. The van der Waals surface area contributed by atoms with Gasteiger partial charge in [-0.15, -0.1) is 0 Å². The van der Waals surface area contributed by atoms with Crippen LogP contribution in [0.1, 0.15) is 0 Å². The molecule has 1 fully saturated rings. The summed E-state index contributed by atoms with van der Waals surface area (Å²) in [6.45, 7) is -0.500. The van der Waals surface area contributed by atoms with Crippen molar-refractivity contribution in [1.82, 2.24) is 0 Å². The molecule has 6 nitrogen and oxygen atoms in total. The fourth-order valence-electron chi connectivity index (χ4n) is 1.84. The van der Waals surface area contributed by atoms with Gasteiger partial charge in [-0.05, 0) is 18.2 Å². The zero-order chi connectivity index (χ0) is 14.0. The molecule has 0 saturated carbocycles. The van der Waals surface area contributed by atoms with Crippen LogP contribution in [0.25, 0.3) is 0 Å². The first kappa shape index (κ1) is 14.5. The number of hydrogen-bond acceptors (Lipinski definition) is 6. The number of hydrogen-bond donors (Lipinski definition) is 4. The lowest BCUT2D eigenvalue weighted by molar-refractivity contribution is -0.277. The van der Waals surface area contributed by atoms with E-state index in [0.717, 1.165) is 0 Å². The smallest absolute Gasteiger partial charge is 0.229 e. The van der Waals surface area contributed by atoms with Gasteiger partial charge in [-0.2, -0.15) is 0 Å². The predicted octanol–water partition coefficient (Wildman–Crippen LogP) is -0.481. The standard InChI is InChI=1S/C12H15ClO6/c13-6-2-1-3-7(4-6)18-12-11(17)10(16)9(15)8(5-14)19-12/h1-4,8-12,14-17H,5H2/t8-,9-,10-,11-,12+/m1/s1. The summed E-state index contributed by atoms with van der Waals surface area (Å²) in [7, 11) is 0. The second-order valence-corrected chi connectivity index (χ2v) is 4.71. The van der Waals surface area contributed by atoms with Gasteiger partial charge in [0.15, 0.2) is 0 Å². The third-order valence-corrected chi connectivity index (χ3v) is 3.13. The lowest BCUT2D eigenvalue weighted by atomic mass is 9.99. The predicted molar refractivity (Wildman–Crippen MR) is 65.8 cm³/mol. The Hall–Kier alpha value is -0.890. The highest BCUT2D eigenvalue weighted by atomic mass is 35.5. The molecule has 1 aliphatic rings. The van der Waals surface area contributed by atoms with Gasteiger partial charge < -0.3 is 29.9 Å². The van der Waals surface area contributed by atoms with Crippen molar-refractivity contribution in [3.05, 3.63) is 29.3 Å². The first-order chi connectivity index (χ1) is 9.02. The molecule has 19 heavy (non-hydrogen) atoms. The van der Waals surface area contributed by atoms with E-state index in [1.165, 1.54) is 6.07 Å². The molecule has 0 unspecified atom stereocenters. The van der Waals surface area contributed by atoms with Gasteiger partial charge in [0.2, 0.25) is 6.29 Å². The number of benzene rings is 1. The second kappa shape index (κ2) is 6.04. The highest BCUT2D eigenvalue weighted by Crippen LogP contribution is 2.25. The molecule has 2 rings (SSSR count). The molecule has 1 heterocycles. The largest absolute Gasteiger partial charge is 0.462 e. The van der Waals surface area contributed by atoms with Crippen LogP contribution in [0, 0.1) is 0 Å². The molecule has 0 aliphatic carbocycles. The van der Waals surface area contributed by atoms with Gasteiger partial charge in [0.1, 0.15) is 30.2 Å². The molecular formula is C12H15ClO6. The maximum atomic E-state index is 9.78. The molecule has 0 amide bonds. The van der Waals surface area contributed by atoms with Crippen LogP contribution < -0.4 is 4.74 Å². The molecule has 1 aliphatic heterocycles. The van der Waals surface area contributed by atoms with Gasteiger partial charge in [0.05, 0.1) is 6.61 Å². The van der Waals surface area contributed by atoms with Crippen LogP contribution in [0.5, 0.6) is 5.75 Å². The number of halogens is 1. The van der Waals surface area contributed by atoms with Crippen molar-refractivity contribution in [2.45, 2.75) is 30.7 Å². The first-order valence-electron chi connectivity index (χ1n) is 5.75. The molecule has 0 aromatic heterocycles. The molecule has 1 aromatic carbocycles. The van der Waals surface area contributed by atoms with Gasteiger partial charge in [0, 0.05) is 5.02 Å². The Kier molecular flexibility index (Phi) is 4.62. The third-order valence-electron chi connectivity index (χ3n) is 2.90. The van der Waals surface area contributed by atoms with E-state index >= 15 is 0 Å². The molecule has 0 spiro atoms. The quantitative estimate of drug-likeness (QED) is 0.600. The fraction of sp³-hybridized carbons (Fsp3) is 0.500. The second-order valence-electron chi connectivity index (χ2n) is 4.27. The van der Waals surface area contributed by atoms with Crippen molar-refractivity contribution in [2.24, 2.45) is 0 Å². The van der Waals surface area contributed by atoms with E-state index < -0.39 is 37.3 Å². The van der Waals surface area contributed by atoms with Gasteiger partial charge in [-0.1, -0.05) is 17.7 Å². The number of aliphatic hydroxyl groups excluding tert-OH is 4. The number of ether oxygens (including phenoxy) is 2. The number of aliphatic hydroxyl groups is 4. The first-order valence-corrected chi connectivity index (χ1v) is 6.13. The number of rotatable bonds is 3. The summed E-state index contributed by atoms with van der Waals surface area (Å²) in [6.07, 6.45) is -6.50. The minimum absolute atomic E-state index is 0.344. The van der Waals surface area contributed by atoms with Crippen molar-refractivity contribution >= 4 is 11.6 Å². The van der Waals surface area contributed by atoms with Crippen LogP contribution in [-0.4, -0.2) is 57.7 Å². The van der Waals surface area contributed by atoms with E-state index in [2.05, 4.69) is 0 Å². The highest BCUT2D eigenvalue weighted by Gasteiger charge is 2.44. The van der Waals surface area contributed by atoms with E-state index in [9.17, 15) is 15.3 Å². The van der Waals surface area contributed by atoms with E-state index in [1.54, 1.807) is 18.2 Å². The normalized spacial score (nSPS) is 35.1. The molecule has 1 saturated heterocycles. The maximum absolute atomic E-state index is 9.78. The van der Waals surface area contributed by atoms with E-state index in [-0.39, 0.29) is 0 Å². The van der Waals surface area contributed by atoms with Crippen molar-refractivity contribution < 1.29 is 29.9 Å². The summed E-state index contributed by atoms with van der Waals surface area (Å²) >= 11 is 5.79. The molecule has 0 bridgehead atoms. The Morgan fingerprint density at radius 3 is 2.53 bits per heavy atom. The highest BCUT2D eigenvalue weighted by molar-refractivity contribution is 6.30. The van der Waals surface area contributed by atoms with Crippen molar-refractivity contribution in [2.75, 3.05) is 6.61 Å². The van der Waals surface area contributed by atoms with Crippen LogP contribution in [0.15, 0.2) is 24.3 Å². The van der Waals surface area contributed by atoms with Crippen LogP contribution >= 0.6 is 11.6 Å². The Morgan fingerprint density at radius 2 is 1.89 bits per heavy atom. The van der Waals surface area contributed by atoms with Crippen molar-refractivity contribution in [1.29, 1.82) is 0 Å². The Balaban J connectivity index is 2.10. The Morgan fingerprint density at radius 1 is 1.16 bits per heavy atom. The summed E-state index contributed by atoms with van der Waals surface area (Å²) in [5.41, 5.74) is 0. The van der Waals surface area contributed by atoms with Crippen LogP contribution in [0.2, 0.25) is 5.02 Å². The fourth-order valence-corrected chi connectivity index (χ4v) is 2.02. The average molecular weight is 291 g/mol. The van der Waals surface area contributed by atoms with E-state index in [1.807, 2.05) is 0 Å². The minimum Gasteiger partial charge on any atom is -0.462 e. The van der Waals surface area contributed by atoms with Gasteiger partial charge >= 0.3 is 0 Å². The van der Waals surface area contributed by atoms with E-state index in [4.69, 9.17) is 26.2 Å². The summed E-state index contributed by atoms with van der Waals surface area (Å²) < 4.78 is 10.6. The topological polar surface area (TPSA) is 99.4 Å². The lowest BCUT2D eigenvalue weighted by Crippen LogP contribution is -2.60. The summed E-state index contributed by atoms with van der Waals surface area (Å²) in [4.78, 5) is 0. The van der Waals surface area contributed by atoms with Crippen LogP contribution in [0.3, 0.4) is 0 Å². The van der Waals surface area contributed by atoms with Crippen LogP contribution in [-0.2, 0) is 4.74 Å². The molecular weight excluding hydrogens is 276 g/mol. The van der Waals surface area contributed by atoms with Crippen LogP contribution in [0.4, 0.5) is 0 Å². The van der Waals surface area contributed by atoms with Gasteiger partial charge in [-0.25, -0.2) is 0 Å². The summed E-state index contributed by atoms with van der Waals surface area (Å²) in [6, 6.07) is 6.43. The minimum atomic E-state index is -1.46. The summed E-state index contributed by atoms with van der Waals surface area (Å²) in [5.74, 6) is 0.344. The SMILES string of the molecule is OC[C@H]1O[C@H](Oc2cccc(Cl)c2)[C@H](O)[C@H](O)[C@@H]1O. The Labute approximate surface area is 114 Å². The lowest BCUT2D eigenvalue weighted by Gasteiger charge is -2.39. The van der Waals surface area contributed by atoms with E-state index in [0.29, 0.717) is 10.8 Å². The molecule has 1 aromatic rings. The monoisotopic (exact) mass is 290 g/mol. The van der Waals surface area contributed by atoms with Gasteiger partial charge in [-0.3, -0.25) is 0 Å².